The highest BCUT2D eigenvalue weighted by molar-refractivity contribution is 5.95. The van der Waals surface area contributed by atoms with Crippen molar-refractivity contribution in [3.8, 4) is 0 Å². The molecule has 0 bridgehead atoms. The second-order valence-electron chi connectivity index (χ2n) is 4.07. The first-order chi connectivity index (χ1) is 7.16. The summed E-state index contributed by atoms with van der Waals surface area (Å²) in [5.41, 5.74) is 5.22. The molecule has 1 aliphatic rings. The van der Waals surface area contributed by atoms with Crippen molar-refractivity contribution in [1.82, 2.24) is 0 Å². The number of hydrogen-bond donors (Lipinski definition) is 0. The number of benzene rings is 1. The minimum Gasteiger partial charge on any atom is -0.257 e. The Morgan fingerprint density at radius 3 is 2.47 bits per heavy atom. The Balaban J connectivity index is 0.000000531. The monoisotopic (exact) mass is 203 g/mol. The van der Waals surface area contributed by atoms with Gasteiger partial charge in [0.15, 0.2) is 0 Å². The van der Waals surface area contributed by atoms with E-state index in [1.165, 1.54) is 22.5 Å². The van der Waals surface area contributed by atoms with Gasteiger partial charge in [0.2, 0.25) is 0 Å². The van der Waals surface area contributed by atoms with Crippen molar-refractivity contribution >= 4 is 11.4 Å². The van der Waals surface area contributed by atoms with Crippen molar-refractivity contribution in [1.29, 1.82) is 0 Å². The molecular weight excluding hydrogens is 182 g/mol. The molecule has 0 saturated carbocycles. The smallest absolute Gasteiger partial charge is 0.0665 e. The first kappa shape index (κ1) is 12.0. The predicted octanol–water partition coefficient (Wildman–Crippen LogP) is 4.31. The number of aliphatic imine (C=N–C) groups is 1. The minimum absolute atomic E-state index is 0.577. The van der Waals surface area contributed by atoms with E-state index in [-0.39, 0.29) is 0 Å². The maximum Gasteiger partial charge on any atom is 0.0665 e. The van der Waals surface area contributed by atoms with E-state index in [1.807, 2.05) is 13.8 Å². The Kier molecular flexibility index (Phi) is 4.07. The van der Waals surface area contributed by atoms with Crippen LogP contribution in [0.25, 0.3) is 0 Å². The lowest BCUT2D eigenvalue weighted by Crippen LogP contribution is -2.06. The van der Waals surface area contributed by atoms with Crippen molar-refractivity contribution in [2.24, 2.45) is 10.9 Å². The fourth-order valence-electron chi connectivity index (χ4n) is 1.69. The van der Waals surface area contributed by atoms with Crippen LogP contribution in [-0.4, -0.2) is 5.71 Å². The molecule has 1 heteroatoms. The molecule has 1 aliphatic heterocycles. The van der Waals surface area contributed by atoms with Gasteiger partial charge in [0.05, 0.1) is 5.69 Å². The van der Waals surface area contributed by atoms with Gasteiger partial charge < -0.3 is 0 Å². The Morgan fingerprint density at radius 2 is 1.87 bits per heavy atom. The first-order valence-corrected chi connectivity index (χ1v) is 5.84. The van der Waals surface area contributed by atoms with E-state index in [0.717, 1.165) is 6.42 Å². The van der Waals surface area contributed by atoms with Crippen LogP contribution in [0.5, 0.6) is 0 Å². The molecule has 0 radical (unpaired) electrons. The van der Waals surface area contributed by atoms with Gasteiger partial charge in [-0.25, -0.2) is 0 Å². The third-order valence-electron chi connectivity index (χ3n) is 2.54. The Morgan fingerprint density at radius 1 is 1.20 bits per heavy atom. The molecule has 82 valence electrons. The minimum atomic E-state index is 0.577. The molecule has 0 spiro atoms. The van der Waals surface area contributed by atoms with Crippen molar-refractivity contribution in [3.05, 3.63) is 29.3 Å². The second kappa shape index (κ2) is 5.11. The molecule has 15 heavy (non-hydrogen) atoms. The van der Waals surface area contributed by atoms with Gasteiger partial charge in [-0.3, -0.25) is 4.99 Å². The zero-order valence-electron chi connectivity index (χ0n) is 10.5. The van der Waals surface area contributed by atoms with E-state index in [0.29, 0.717) is 5.92 Å². The largest absolute Gasteiger partial charge is 0.257 e. The lowest BCUT2D eigenvalue weighted by Gasteiger charge is -2.01. The molecule has 0 saturated heterocycles. The third kappa shape index (κ3) is 2.68. The van der Waals surface area contributed by atoms with Crippen LogP contribution < -0.4 is 0 Å². The summed E-state index contributed by atoms with van der Waals surface area (Å²) in [5.74, 6) is 0.577. The third-order valence-corrected chi connectivity index (χ3v) is 2.54. The first-order valence-electron chi connectivity index (χ1n) is 5.84. The average Bonchev–Trinajstić information content (AvgIpc) is 2.63. The second-order valence-corrected chi connectivity index (χ2v) is 4.07. The maximum absolute atomic E-state index is 4.61. The van der Waals surface area contributed by atoms with Crippen LogP contribution in [0, 0.1) is 12.8 Å². The highest BCUT2D eigenvalue weighted by Gasteiger charge is 2.16. The van der Waals surface area contributed by atoms with Gasteiger partial charge >= 0.3 is 0 Å². The van der Waals surface area contributed by atoms with Crippen molar-refractivity contribution in [2.75, 3.05) is 0 Å². The van der Waals surface area contributed by atoms with Crippen LogP contribution in [0.4, 0.5) is 5.69 Å². The molecule has 1 heterocycles. The zero-order chi connectivity index (χ0) is 11.4. The van der Waals surface area contributed by atoms with Gasteiger partial charge in [0.25, 0.3) is 0 Å². The number of hydrogen-bond acceptors (Lipinski definition) is 1. The summed E-state index contributed by atoms with van der Waals surface area (Å²) < 4.78 is 0. The van der Waals surface area contributed by atoms with E-state index in [4.69, 9.17) is 0 Å². The van der Waals surface area contributed by atoms with E-state index >= 15 is 0 Å². The van der Waals surface area contributed by atoms with E-state index in [9.17, 15) is 0 Å². The standard InChI is InChI=1S/C12H15N.C2H6/c1-8(2)12-7-10-6-9(3)4-5-11(10)13-12;1-2/h4-6,8H,7H2,1-3H3;1-2H3. The van der Waals surface area contributed by atoms with E-state index < -0.39 is 0 Å². The summed E-state index contributed by atoms with van der Waals surface area (Å²) in [6, 6.07) is 6.50. The molecule has 2 rings (SSSR count). The highest BCUT2D eigenvalue weighted by atomic mass is 14.8. The molecule has 0 unspecified atom stereocenters. The molecule has 0 aliphatic carbocycles. The lowest BCUT2D eigenvalue weighted by atomic mass is 10.0. The van der Waals surface area contributed by atoms with Crippen LogP contribution in [-0.2, 0) is 6.42 Å². The normalized spacial score (nSPS) is 13.1. The molecule has 1 aromatic carbocycles. The van der Waals surface area contributed by atoms with Gasteiger partial charge in [-0.1, -0.05) is 45.4 Å². The van der Waals surface area contributed by atoms with Crippen LogP contribution in [0.2, 0.25) is 0 Å². The lowest BCUT2D eigenvalue weighted by molar-refractivity contribution is 0.871. The number of fused-ring (bicyclic) bond motifs is 1. The summed E-state index contributed by atoms with van der Waals surface area (Å²) in [6.45, 7) is 10.5. The number of aryl methyl sites for hydroxylation is 1. The van der Waals surface area contributed by atoms with Gasteiger partial charge in [-0.15, -0.1) is 0 Å². The van der Waals surface area contributed by atoms with E-state index in [2.05, 4.69) is 44.0 Å². The van der Waals surface area contributed by atoms with Gasteiger partial charge in [-0.2, -0.15) is 0 Å². The summed E-state index contributed by atoms with van der Waals surface area (Å²) in [4.78, 5) is 4.61. The maximum atomic E-state index is 4.61. The quantitative estimate of drug-likeness (QED) is 0.645. The van der Waals surface area contributed by atoms with Gasteiger partial charge in [-0.05, 0) is 24.5 Å². The molecule has 0 fully saturated rings. The number of rotatable bonds is 1. The van der Waals surface area contributed by atoms with Gasteiger partial charge in [0.1, 0.15) is 0 Å². The summed E-state index contributed by atoms with van der Waals surface area (Å²) in [7, 11) is 0. The fraction of sp³-hybridized carbons (Fsp3) is 0.500. The molecule has 1 aromatic rings. The van der Waals surface area contributed by atoms with Crippen LogP contribution in [0.3, 0.4) is 0 Å². The summed E-state index contributed by atoms with van der Waals surface area (Å²) >= 11 is 0. The molecule has 0 atom stereocenters. The van der Waals surface area contributed by atoms with Crippen LogP contribution in [0.1, 0.15) is 38.8 Å². The topological polar surface area (TPSA) is 12.4 Å². The molecule has 0 aromatic heterocycles. The fourth-order valence-corrected chi connectivity index (χ4v) is 1.69. The zero-order valence-corrected chi connectivity index (χ0v) is 10.5. The molecular formula is C14H21N. The molecule has 0 amide bonds. The van der Waals surface area contributed by atoms with Crippen LogP contribution >= 0.6 is 0 Å². The van der Waals surface area contributed by atoms with Crippen molar-refractivity contribution in [3.63, 3.8) is 0 Å². The average molecular weight is 203 g/mol. The predicted molar refractivity (Wildman–Crippen MR) is 68.2 cm³/mol. The van der Waals surface area contributed by atoms with Crippen molar-refractivity contribution < 1.29 is 0 Å². The van der Waals surface area contributed by atoms with E-state index in [1.54, 1.807) is 0 Å². The van der Waals surface area contributed by atoms with Crippen molar-refractivity contribution in [2.45, 2.75) is 41.0 Å². The summed E-state index contributed by atoms with van der Waals surface area (Å²) in [6.07, 6.45) is 1.05. The summed E-state index contributed by atoms with van der Waals surface area (Å²) in [5, 5.41) is 0. The molecule has 0 N–H and O–H groups in total. The van der Waals surface area contributed by atoms with Crippen LogP contribution in [0.15, 0.2) is 23.2 Å². The highest BCUT2D eigenvalue weighted by Crippen LogP contribution is 2.29. The Bertz CT molecular complexity index is 362. The Hall–Kier alpha value is -1.11. The Labute approximate surface area is 93.2 Å². The molecule has 1 nitrogen and oxygen atoms in total. The number of nitrogens with zero attached hydrogens (tertiary/aromatic N) is 1. The SMILES string of the molecule is CC.Cc1ccc2c(c1)CC(C(C)C)=N2. The van der Waals surface area contributed by atoms with Gasteiger partial charge in [0, 0.05) is 12.1 Å².